The van der Waals surface area contributed by atoms with Gasteiger partial charge in [0.25, 0.3) is 11.5 Å². The summed E-state index contributed by atoms with van der Waals surface area (Å²) in [6, 6.07) is 15.6. The lowest BCUT2D eigenvalue weighted by Gasteiger charge is -2.11. The van der Waals surface area contributed by atoms with Crippen LogP contribution in [0, 0.1) is 0 Å². The van der Waals surface area contributed by atoms with E-state index in [1.54, 1.807) is 24.3 Å². The van der Waals surface area contributed by atoms with Crippen molar-refractivity contribution in [3.63, 3.8) is 0 Å². The average Bonchev–Trinajstić information content (AvgIpc) is 2.80. The minimum absolute atomic E-state index is 0.233. The summed E-state index contributed by atoms with van der Waals surface area (Å²) in [5.74, 6) is 1.51. The van der Waals surface area contributed by atoms with Crippen LogP contribution in [0.4, 0.5) is 0 Å². The molecule has 0 spiro atoms. The molecular weight excluding hydrogens is 398 g/mol. The van der Waals surface area contributed by atoms with Gasteiger partial charge >= 0.3 is 0 Å². The van der Waals surface area contributed by atoms with Gasteiger partial charge in [0.15, 0.2) is 0 Å². The maximum atomic E-state index is 12.5. The lowest BCUT2D eigenvalue weighted by molar-refractivity contribution is 0.0951. The predicted octanol–water partition coefficient (Wildman–Crippen LogP) is 2.76. The average molecular weight is 423 g/mol. The molecule has 0 saturated heterocycles. The largest absolute Gasteiger partial charge is 0.497 e. The summed E-state index contributed by atoms with van der Waals surface area (Å²) in [6.45, 7) is 2.99. The molecule has 1 aromatic heterocycles. The van der Waals surface area contributed by atoms with Crippen LogP contribution in [0.25, 0.3) is 11.3 Å². The van der Waals surface area contributed by atoms with Crippen LogP contribution in [0.3, 0.4) is 0 Å². The van der Waals surface area contributed by atoms with E-state index in [0.717, 1.165) is 11.3 Å². The number of carbonyl (C=O) groups excluding carboxylic acids is 1. The number of ether oxygens (including phenoxy) is 3. The highest BCUT2D eigenvalue weighted by Gasteiger charge is 2.10. The first-order valence-corrected chi connectivity index (χ1v) is 9.86. The predicted molar refractivity (Wildman–Crippen MR) is 117 cm³/mol. The molecule has 1 amide bonds. The smallest absolute Gasteiger partial charge is 0.266 e. The van der Waals surface area contributed by atoms with Crippen LogP contribution in [0.5, 0.6) is 17.2 Å². The molecule has 31 heavy (non-hydrogen) atoms. The van der Waals surface area contributed by atoms with Gasteiger partial charge in [-0.1, -0.05) is 0 Å². The number of rotatable bonds is 9. The molecule has 0 radical (unpaired) electrons. The Kier molecular flexibility index (Phi) is 7.26. The van der Waals surface area contributed by atoms with Crippen LogP contribution in [0.2, 0.25) is 0 Å². The first kappa shape index (κ1) is 21.9. The second-order valence-electron chi connectivity index (χ2n) is 6.59. The fourth-order valence-corrected chi connectivity index (χ4v) is 2.97. The van der Waals surface area contributed by atoms with Gasteiger partial charge < -0.3 is 19.5 Å². The number of carbonyl (C=O) groups is 1. The first-order valence-electron chi connectivity index (χ1n) is 9.86. The standard InChI is InChI=1S/C23H25N3O5/c1-4-31-18-7-5-16(6-8-18)21-9-10-22(27)26(25-21)12-11-24-23(28)17-13-19(29-2)15-20(14-17)30-3/h5-10,13-15H,4,11-12H2,1-3H3,(H,24,28). The molecule has 162 valence electrons. The van der Waals surface area contributed by atoms with Crippen molar-refractivity contribution in [3.05, 3.63) is 70.5 Å². The molecule has 1 N–H and O–H groups in total. The van der Waals surface area contributed by atoms with Crippen LogP contribution < -0.4 is 25.1 Å². The van der Waals surface area contributed by atoms with E-state index in [2.05, 4.69) is 10.4 Å². The van der Waals surface area contributed by atoms with Crippen LogP contribution >= 0.6 is 0 Å². The van der Waals surface area contributed by atoms with Crippen molar-refractivity contribution >= 4 is 5.91 Å². The first-order chi connectivity index (χ1) is 15.0. The van der Waals surface area contributed by atoms with E-state index in [-0.39, 0.29) is 24.6 Å². The van der Waals surface area contributed by atoms with Crippen molar-refractivity contribution < 1.29 is 19.0 Å². The molecule has 0 aliphatic heterocycles. The van der Waals surface area contributed by atoms with Gasteiger partial charge in [0, 0.05) is 29.8 Å². The number of hydrogen-bond acceptors (Lipinski definition) is 6. The normalized spacial score (nSPS) is 10.4. The molecular formula is C23H25N3O5. The van der Waals surface area contributed by atoms with E-state index in [1.807, 2.05) is 31.2 Å². The lowest BCUT2D eigenvalue weighted by Crippen LogP contribution is -2.32. The van der Waals surface area contributed by atoms with Gasteiger partial charge in [-0.3, -0.25) is 9.59 Å². The van der Waals surface area contributed by atoms with Crippen molar-refractivity contribution in [2.75, 3.05) is 27.4 Å². The monoisotopic (exact) mass is 423 g/mol. The molecule has 3 rings (SSSR count). The minimum Gasteiger partial charge on any atom is -0.497 e. The number of methoxy groups -OCH3 is 2. The van der Waals surface area contributed by atoms with Gasteiger partial charge in [0.1, 0.15) is 17.2 Å². The SMILES string of the molecule is CCOc1ccc(-c2ccc(=O)n(CCNC(=O)c3cc(OC)cc(OC)c3)n2)cc1. The van der Waals surface area contributed by atoms with Crippen LogP contribution in [0.15, 0.2) is 59.4 Å². The highest BCUT2D eigenvalue weighted by atomic mass is 16.5. The molecule has 0 unspecified atom stereocenters. The number of nitrogens with one attached hydrogen (secondary N) is 1. The maximum Gasteiger partial charge on any atom is 0.266 e. The summed E-state index contributed by atoms with van der Waals surface area (Å²) >= 11 is 0. The summed E-state index contributed by atoms with van der Waals surface area (Å²) in [5.41, 5.74) is 1.68. The molecule has 1 heterocycles. The Morgan fingerprint density at radius 2 is 1.65 bits per heavy atom. The van der Waals surface area contributed by atoms with E-state index in [4.69, 9.17) is 14.2 Å². The van der Waals surface area contributed by atoms with Gasteiger partial charge in [-0.15, -0.1) is 0 Å². The molecule has 0 fully saturated rings. The molecule has 2 aromatic carbocycles. The van der Waals surface area contributed by atoms with Gasteiger partial charge in [-0.2, -0.15) is 5.10 Å². The van der Waals surface area contributed by atoms with Crippen molar-refractivity contribution in [3.8, 4) is 28.5 Å². The van der Waals surface area contributed by atoms with E-state index in [9.17, 15) is 9.59 Å². The Balaban J connectivity index is 1.67. The zero-order chi connectivity index (χ0) is 22.2. The molecule has 8 nitrogen and oxygen atoms in total. The Bertz CT molecular complexity index is 1070. The van der Waals surface area contributed by atoms with Gasteiger partial charge in [-0.25, -0.2) is 4.68 Å². The second kappa shape index (κ2) is 10.3. The molecule has 3 aromatic rings. The molecule has 0 atom stereocenters. The highest BCUT2D eigenvalue weighted by Crippen LogP contribution is 2.22. The van der Waals surface area contributed by atoms with Crippen molar-refractivity contribution in [1.82, 2.24) is 15.1 Å². The highest BCUT2D eigenvalue weighted by molar-refractivity contribution is 5.95. The fraction of sp³-hybridized carbons (Fsp3) is 0.261. The molecule has 0 saturated carbocycles. The minimum atomic E-state index is -0.298. The summed E-state index contributed by atoms with van der Waals surface area (Å²) in [5, 5.41) is 7.21. The number of hydrogen-bond donors (Lipinski definition) is 1. The van der Waals surface area contributed by atoms with Crippen molar-refractivity contribution in [2.45, 2.75) is 13.5 Å². The Labute approximate surface area is 180 Å². The van der Waals surface area contributed by atoms with E-state index < -0.39 is 0 Å². The van der Waals surface area contributed by atoms with Crippen molar-refractivity contribution in [2.24, 2.45) is 0 Å². The summed E-state index contributed by atoms with van der Waals surface area (Å²) in [6.07, 6.45) is 0. The van der Waals surface area contributed by atoms with E-state index in [1.165, 1.54) is 25.0 Å². The third-order valence-electron chi connectivity index (χ3n) is 4.55. The summed E-state index contributed by atoms with van der Waals surface area (Å²) in [4.78, 5) is 24.7. The number of nitrogens with zero attached hydrogens (tertiary/aromatic N) is 2. The fourth-order valence-electron chi connectivity index (χ4n) is 2.97. The van der Waals surface area contributed by atoms with E-state index in [0.29, 0.717) is 29.4 Å². The third kappa shape index (κ3) is 5.63. The van der Waals surface area contributed by atoms with Gasteiger partial charge in [-0.05, 0) is 49.4 Å². The zero-order valence-corrected chi connectivity index (χ0v) is 17.8. The molecule has 0 aliphatic carbocycles. The summed E-state index contributed by atoms with van der Waals surface area (Å²) < 4.78 is 17.2. The Morgan fingerprint density at radius 1 is 0.968 bits per heavy atom. The van der Waals surface area contributed by atoms with Crippen LogP contribution in [-0.4, -0.2) is 43.1 Å². The zero-order valence-electron chi connectivity index (χ0n) is 17.8. The third-order valence-corrected chi connectivity index (χ3v) is 4.55. The molecule has 0 bridgehead atoms. The van der Waals surface area contributed by atoms with E-state index >= 15 is 0 Å². The Hall–Kier alpha value is -3.81. The topological polar surface area (TPSA) is 91.7 Å². The van der Waals surface area contributed by atoms with Crippen LogP contribution in [0.1, 0.15) is 17.3 Å². The lowest BCUT2D eigenvalue weighted by atomic mass is 10.1. The van der Waals surface area contributed by atoms with Gasteiger partial charge in [0.05, 0.1) is 33.1 Å². The van der Waals surface area contributed by atoms with Crippen LogP contribution in [-0.2, 0) is 6.54 Å². The molecule has 0 aliphatic rings. The number of aromatic nitrogens is 2. The van der Waals surface area contributed by atoms with Crippen molar-refractivity contribution in [1.29, 1.82) is 0 Å². The number of benzene rings is 2. The molecule has 8 heteroatoms. The van der Waals surface area contributed by atoms with Gasteiger partial charge in [0.2, 0.25) is 0 Å². The summed E-state index contributed by atoms with van der Waals surface area (Å²) in [7, 11) is 3.04. The Morgan fingerprint density at radius 3 is 2.26 bits per heavy atom. The second-order valence-corrected chi connectivity index (χ2v) is 6.59. The quantitative estimate of drug-likeness (QED) is 0.569. The maximum absolute atomic E-state index is 12.5. The number of amides is 1.